The van der Waals surface area contributed by atoms with E-state index in [4.69, 9.17) is 26.2 Å². The molecule has 1 saturated carbocycles. The van der Waals surface area contributed by atoms with E-state index in [0.29, 0.717) is 17.1 Å². The summed E-state index contributed by atoms with van der Waals surface area (Å²) < 4.78 is 11.2. The second kappa shape index (κ2) is 8.61. The zero-order chi connectivity index (χ0) is 24.0. The molecule has 2 bridgehead atoms. The Hall–Kier alpha value is -3.65. The quantitative estimate of drug-likeness (QED) is 0.367. The van der Waals surface area contributed by atoms with Crippen LogP contribution in [0.3, 0.4) is 0 Å². The Labute approximate surface area is 200 Å². The lowest BCUT2D eigenvalue weighted by molar-refractivity contribution is -0.140. The molecular formula is C25H21ClN2O6. The van der Waals surface area contributed by atoms with Gasteiger partial charge in [-0.1, -0.05) is 35.9 Å². The molecule has 3 aliphatic rings. The molecule has 1 heterocycles. The molecule has 2 fully saturated rings. The molecule has 0 unspecified atom stereocenters. The van der Waals surface area contributed by atoms with Crippen LogP contribution in [0.5, 0.6) is 11.5 Å². The predicted octanol–water partition coefficient (Wildman–Crippen LogP) is 3.77. The molecule has 174 valence electrons. The van der Waals surface area contributed by atoms with Crippen molar-refractivity contribution in [2.24, 2.45) is 28.8 Å². The van der Waals surface area contributed by atoms with Crippen LogP contribution in [0, 0.1) is 23.7 Å². The van der Waals surface area contributed by atoms with Crippen molar-refractivity contribution in [3.8, 4) is 11.5 Å². The molecule has 9 heteroatoms. The van der Waals surface area contributed by atoms with Crippen LogP contribution in [-0.4, -0.2) is 41.2 Å². The van der Waals surface area contributed by atoms with E-state index in [2.05, 4.69) is 5.10 Å². The van der Waals surface area contributed by atoms with E-state index in [1.54, 1.807) is 24.3 Å². The molecule has 8 nitrogen and oxygen atoms in total. The topological polar surface area (TPSA) is 106 Å². The second-order valence-corrected chi connectivity index (χ2v) is 8.96. The Morgan fingerprint density at radius 3 is 2.38 bits per heavy atom. The van der Waals surface area contributed by atoms with Crippen LogP contribution in [0.2, 0.25) is 5.02 Å². The predicted molar refractivity (Wildman–Crippen MR) is 123 cm³/mol. The van der Waals surface area contributed by atoms with Gasteiger partial charge in [-0.05, 0) is 53.6 Å². The number of halogens is 1. The fourth-order valence-electron chi connectivity index (χ4n) is 4.98. The normalized spacial score (nSPS) is 24.8. The highest BCUT2D eigenvalue weighted by Crippen LogP contribution is 2.52. The number of hydrazone groups is 1. The van der Waals surface area contributed by atoms with Gasteiger partial charge in [0, 0.05) is 0 Å². The minimum absolute atomic E-state index is 0.123. The summed E-state index contributed by atoms with van der Waals surface area (Å²) in [5.74, 6) is -1.21. The highest BCUT2D eigenvalue weighted by Gasteiger charge is 2.59. The van der Waals surface area contributed by atoms with Crippen LogP contribution in [0.1, 0.15) is 27.9 Å². The van der Waals surface area contributed by atoms with Crippen LogP contribution in [0.4, 0.5) is 0 Å². The van der Waals surface area contributed by atoms with Crippen molar-refractivity contribution in [2.45, 2.75) is 13.0 Å². The molecule has 1 saturated heterocycles. The smallest absolute Gasteiger partial charge is 0.335 e. The lowest BCUT2D eigenvalue weighted by atomic mass is 9.85. The average molecular weight is 481 g/mol. The standard InChI is InChI=1S/C25H21ClN2O6/c1-33-19-9-14(8-18(26)22(19)34-12-13-2-4-15(5-3-13)25(31)32)11-27-28-23(29)20-16-6-7-17(10-16)21(20)24(28)30/h2-9,11,16-17,20-21H,10,12H2,1H3,(H,31,32)/t16-,17-,20-,21+/m0/s1. The minimum Gasteiger partial charge on any atom is -0.493 e. The van der Waals surface area contributed by atoms with Crippen molar-refractivity contribution in [3.05, 3.63) is 70.3 Å². The number of allylic oxidation sites excluding steroid dienone is 2. The molecule has 2 aliphatic carbocycles. The Morgan fingerprint density at radius 1 is 1.15 bits per heavy atom. The molecule has 0 radical (unpaired) electrons. The summed E-state index contributed by atoms with van der Waals surface area (Å²) in [6.07, 6.45) is 6.35. The molecule has 2 aromatic carbocycles. The molecule has 2 aromatic rings. The fourth-order valence-corrected chi connectivity index (χ4v) is 5.25. The summed E-state index contributed by atoms with van der Waals surface area (Å²) in [5, 5.41) is 14.4. The maximum absolute atomic E-state index is 12.8. The fraction of sp³-hybridized carbons (Fsp3) is 0.280. The van der Waals surface area contributed by atoms with Gasteiger partial charge < -0.3 is 14.6 Å². The Kier molecular flexibility index (Phi) is 5.61. The number of rotatable bonds is 7. The first-order valence-corrected chi connectivity index (χ1v) is 11.2. The molecule has 0 aromatic heterocycles. The van der Waals surface area contributed by atoms with Gasteiger partial charge in [0.25, 0.3) is 11.8 Å². The highest BCUT2D eigenvalue weighted by molar-refractivity contribution is 6.32. The number of nitrogens with zero attached hydrogens (tertiary/aromatic N) is 2. The van der Waals surface area contributed by atoms with Crippen molar-refractivity contribution >= 4 is 35.6 Å². The van der Waals surface area contributed by atoms with E-state index in [-0.39, 0.29) is 52.7 Å². The summed E-state index contributed by atoms with van der Waals surface area (Å²) in [7, 11) is 1.47. The second-order valence-electron chi connectivity index (χ2n) is 8.56. The number of aromatic carboxylic acids is 1. The van der Waals surface area contributed by atoms with Crippen molar-refractivity contribution in [2.75, 3.05) is 7.11 Å². The van der Waals surface area contributed by atoms with Crippen molar-refractivity contribution in [3.63, 3.8) is 0 Å². The van der Waals surface area contributed by atoms with Crippen molar-refractivity contribution < 1.29 is 29.0 Å². The number of ether oxygens (including phenoxy) is 2. The summed E-state index contributed by atoms with van der Waals surface area (Å²) >= 11 is 6.42. The van der Waals surface area contributed by atoms with Gasteiger partial charge in [-0.25, -0.2) is 4.79 Å². The van der Waals surface area contributed by atoms with Gasteiger partial charge in [-0.15, -0.1) is 0 Å². The minimum atomic E-state index is -1.00. The monoisotopic (exact) mass is 480 g/mol. The number of carbonyl (C=O) groups excluding carboxylic acids is 2. The van der Waals surface area contributed by atoms with Crippen LogP contribution in [0.15, 0.2) is 53.7 Å². The van der Waals surface area contributed by atoms with Gasteiger partial charge in [0.1, 0.15) is 6.61 Å². The summed E-state index contributed by atoms with van der Waals surface area (Å²) in [6.45, 7) is 0.152. The zero-order valence-electron chi connectivity index (χ0n) is 18.2. The number of amides is 2. The van der Waals surface area contributed by atoms with E-state index in [1.807, 2.05) is 12.2 Å². The summed E-state index contributed by atoms with van der Waals surface area (Å²) in [4.78, 5) is 36.6. The molecule has 1 aliphatic heterocycles. The number of imide groups is 1. The van der Waals surface area contributed by atoms with E-state index in [0.717, 1.165) is 17.0 Å². The molecule has 5 rings (SSSR count). The largest absolute Gasteiger partial charge is 0.493 e. The van der Waals surface area contributed by atoms with Gasteiger partial charge in [-0.2, -0.15) is 10.1 Å². The third-order valence-electron chi connectivity index (χ3n) is 6.61. The van der Waals surface area contributed by atoms with Crippen LogP contribution in [-0.2, 0) is 16.2 Å². The number of hydrogen-bond acceptors (Lipinski definition) is 6. The van der Waals surface area contributed by atoms with E-state index in [1.165, 1.54) is 25.5 Å². The average Bonchev–Trinajstić information content (AvgIpc) is 3.51. The molecule has 2 amide bonds. The number of carbonyl (C=O) groups is 3. The number of benzene rings is 2. The number of methoxy groups -OCH3 is 1. The lowest BCUT2D eigenvalue weighted by Crippen LogP contribution is -2.28. The van der Waals surface area contributed by atoms with Gasteiger partial charge in [0.05, 0.1) is 35.7 Å². The number of carboxylic acids is 1. The first-order valence-electron chi connectivity index (χ1n) is 10.8. The van der Waals surface area contributed by atoms with E-state index >= 15 is 0 Å². The van der Waals surface area contributed by atoms with Gasteiger partial charge in [-0.3, -0.25) is 9.59 Å². The van der Waals surface area contributed by atoms with Crippen LogP contribution < -0.4 is 9.47 Å². The maximum atomic E-state index is 12.8. The molecule has 1 N–H and O–H groups in total. The lowest BCUT2D eigenvalue weighted by Gasteiger charge is -2.14. The Morgan fingerprint density at radius 2 is 1.79 bits per heavy atom. The Balaban J connectivity index is 1.31. The van der Waals surface area contributed by atoms with Gasteiger partial charge in [0.2, 0.25) is 0 Å². The van der Waals surface area contributed by atoms with Crippen LogP contribution in [0.25, 0.3) is 0 Å². The maximum Gasteiger partial charge on any atom is 0.335 e. The summed E-state index contributed by atoms with van der Waals surface area (Å²) in [6, 6.07) is 9.56. The Bertz CT molecular complexity index is 1210. The highest BCUT2D eigenvalue weighted by atomic mass is 35.5. The van der Waals surface area contributed by atoms with E-state index in [9.17, 15) is 14.4 Å². The number of hydrogen-bond donors (Lipinski definition) is 1. The third-order valence-corrected chi connectivity index (χ3v) is 6.89. The first-order chi connectivity index (χ1) is 16.4. The third kappa shape index (κ3) is 3.74. The first kappa shape index (κ1) is 22.2. The molecule has 34 heavy (non-hydrogen) atoms. The van der Waals surface area contributed by atoms with Gasteiger partial charge >= 0.3 is 5.97 Å². The van der Waals surface area contributed by atoms with Gasteiger partial charge in [0.15, 0.2) is 11.5 Å². The SMILES string of the molecule is COc1cc(C=NN2C(=O)[C@@H]3[C@H](C2=O)[C@H]2C=C[C@H]3C2)cc(Cl)c1OCc1ccc(C(=O)O)cc1. The van der Waals surface area contributed by atoms with Crippen LogP contribution >= 0.6 is 11.6 Å². The van der Waals surface area contributed by atoms with Crippen molar-refractivity contribution in [1.82, 2.24) is 5.01 Å². The number of carboxylic acid groups (broad SMARTS) is 1. The zero-order valence-corrected chi connectivity index (χ0v) is 18.9. The summed E-state index contributed by atoms with van der Waals surface area (Å²) in [5.41, 5.74) is 1.48. The molecule has 0 spiro atoms. The van der Waals surface area contributed by atoms with Crippen molar-refractivity contribution in [1.29, 1.82) is 0 Å². The number of fused-ring (bicyclic) bond motifs is 5. The molecule has 4 atom stereocenters. The molecular weight excluding hydrogens is 460 g/mol. The van der Waals surface area contributed by atoms with E-state index < -0.39 is 5.97 Å².